The zero-order valence-electron chi connectivity index (χ0n) is 12.7. The number of nitrogens with zero attached hydrogens (tertiary/aromatic N) is 4. The van der Waals surface area contributed by atoms with Crippen molar-refractivity contribution in [1.82, 2.24) is 19.9 Å². The molecule has 1 amide bonds. The fourth-order valence-corrected chi connectivity index (χ4v) is 2.29. The molecule has 0 saturated heterocycles. The Kier molecular flexibility index (Phi) is 3.58. The zero-order valence-corrected chi connectivity index (χ0v) is 12.7. The van der Waals surface area contributed by atoms with Gasteiger partial charge in [0.15, 0.2) is 5.89 Å². The van der Waals surface area contributed by atoms with Gasteiger partial charge in [0.2, 0.25) is 5.76 Å². The molecule has 0 spiro atoms. The molecule has 3 rings (SSSR count). The van der Waals surface area contributed by atoms with E-state index in [0.29, 0.717) is 18.1 Å². The van der Waals surface area contributed by atoms with Crippen LogP contribution in [0.15, 0.2) is 34.9 Å². The first-order valence-electron chi connectivity index (χ1n) is 6.95. The number of oxazole rings is 1. The number of hydrogen-bond donors (Lipinski definition) is 0. The van der Waals surface area contributed by atoms with Gasteiger partial charge in [-0.1, -0.05) is 12.1 Å². The van der Waals surface area contributed by atoms with E-state index in [1.165, 1.54) is 0 Å². The van der Waals surface area contributed by atoms with Crippen molar-refractivity contribution in [3.63, 3.8) is 0 Å². The lowest BCUT2D eigenvalue weighted by Crippen LogP contribution is -2.27. The van der Waals surface area contributed by atoms with Gasteiger partial charge in [0.25, 0.3) is 5.91 Å². The highest BCUT2D eigenvalue weighted by Crippen LogP contribution is 2.14. The number of hydrogen-bond acceptors (Lipinski definition) is 5. The van der Waals surface area contributed by atoms with Gasteiger partial charge in [0, 0.05) is 14.0 Å². The Hall–Kier alpha value is -2.76. The van der Waals surface area contributed by atoms with Crippen molar-refractivity contribution in [1.29, 1.82) is 0 Å². The number of amides is 1. The first-order valence-corrected chi connectivity index (χ1v) is 6.95. The SMILES string of the molecule is Cc1nc(C)c(C(=O)N(C)Cc2cnc3ccccc3n2)o1. The predicted molar refractivity (Wildman–Crippen MR) is 81.3 cm³/mol. The van der Waals surface area contributed by atoms with E-state index in [0.717, 1.165) is 16.7 Å². The standard InChI is InChI=1S/C16H16N4O2/c1-10-15(22-11(2)18-10)16(21)20(3)9-12-8-17-13-6-4-5-7-14(13)19-12/h4-8H,9H2,1-3H3. The highest BCUT2D eigenvalue weighted by molar-refractivity contribution is 5.92. The van der Waals surface area contributed by atoms with Gasteiger partial charge in [-0.15, -0.1) is 0 Å². The van der Waals surface area contributed by atoms with E-state index in [4.69, 9.17) is 4.42 Å². The summed E-state index contributed by atoms with van der Waals surface area (Å²) in [7, 11) is 1.70. The van der Waals surface area contributed by atoms with Crippen molar-refractivity contribution in [2.24, 2.45) is 0 Å². The molecule has 0 aliphatic rings. The van der Waals surface area contributed by atoms with Crippen LogP contribution in [0, 0.1) is 13.8 Å². The molecule has 0 atom stereocenters. The van der Waals surface area contributed by atoms with Crippen LogP contribution >= 0.6 is 0 Å². The normalized spacial score (nSPS) is 10.9. The Morgan fingerprint density at radius 1 is 1.18 bits per heavy atom. The van der Waals surface area contributed by atoms with Gasteiger partial charge in [-0.2, -0.15) is 0 Å². The molecular weight excluding hydrogens is 280 g/mol. The van der Waals surface area contributed by atoms with E-state index in [1.807, 2.05) is 24.3 Å². The van der Waals surface area contributed by atoms with Crippen molar-refractivity contribution in [2.75, 3.05) is 7.05 Å². The Labute approximate surface area is 127 Å². The summed E-state index contributed by atoms with van der Waals surface area (Å²) < 4.78 is 5.37. The molecule has 2 aromatic heterocycles. The number of aryl methyl sites for hydroxylation is 2. The van der Waals surface area contributed by atoms with Gasteiger partial charge in [0.1, 0.15) is 0 Å². The maximum Gasteiger partial charge on any atom is 0.291 e. The lowest BCUT2D eigenvalue weighted by Gasteiger charge is -2.15. The summed E-state index contributed by atoms with van der Waals surface area (Å²) in [6.07, 6.45) is 1.69. The van der Waals surface area contributed by atoms with Crippen LogP contribution in [0.25, 0.3) is 11.0 Å². The predicted octanol–water partition coefficient (Wildman–Crippen LogP) is 2.51. The second-order valence-electron chi connectivity index (χ2n) is 5.16. The summed E-state index contributed by atoms with van der Waals surface area (Å²) in [6.45, 7) is 3.84. The number of rotatable bonds is 3. The molecule has 22 heavy (non-hydrogen) atoms. The molecule has 0 radical (unpaired) electrons. The lowest BCUT2D eigenvalue weighted by molar-refractivity contribution is 0.0749. The molecule has 0 bridgehead atoms. The molecular formula is C16H16N4O2. The third kappa shape index (κ3) is 2.67. The molecule has 0 aliphatic carbocycles. The second-order valence-corrected chi connectivity index (χ2v) is 5.16. The minimum atomic E-state index is -0.215. The van der Waals surface area contributed by atoms with Crippen LogP contribution in [0.2, 0.25) is 0 Å². The molecule has 0 aliphatic heterocycles. The molecule has 0 N–H and O–H groups in total. The molecule has 0 fully saturated rings. The zero-order chi connectivity index (χ0) is 15.7. The van der Waals surface area contributed by atoms with E-state index in [2.05, 4.69) is 15.0 Å². The summed E-state index contributed by atoms with van der Waals surface area (Å²) in [6, 6.07) is 7.64. The number of fused-ring (bicyclic) bond motifs is 1. The van der Waals surface area contributed by atoms with E-state index in [9.17, 15) is 4.79 Å². The van der Waals surface area contributed by atoms with E-state index < -0.39 is 0 Å². The smallest absolute Gasteiger partial charge is 0.291 e. The van der Waals surface area contributed by atoms with Crippen LogP contribution in [0.4, 0.5) is 0 Å². The van der Waals surface area contributed by atoms with Crippen molar-refractivity contribution < 1.29 is 9.21 Å². The Balaban J connectivity index is 1.81. The Morgan fingerprint density at radius 2 is 1.91 bits per heavy atom. The average Bonchev–Trinajstić information content (AvgIpc) is 2.85. The maximum atomic E-state index is 12.4. The fourth-order valence-electron chi connectivity index (χ4n) is 2.29. The van der Waals surface area contributed by atoms with Crippen LogP contribution in [0.5, 0.6) is 0 Å². The quantitative estimate of drug-likeness (QED) is 0.742. The summed E-state index contributed by atoms with van der Waals surface area (Å²) in [4.78, 5) is 26.9. The lowest BCUT2D eigenvalue weighted by atomic mass is 10.3. The third-order valence-electron chi connectivity index (χ3n) is 3.34. The molecule has 112 valence electrons. The van der Waals surface area contributed by atoms with Crippen LogP contribution in [-0.2, 0) is 6.54 Å². The van der Waals surface area contributed by atoms with E-state index in [1.54, 1.807) is 32.0 Å². The van der Waals surface area contributed by atoms with Crippen molar-refractivity contribution in [2.45, 2.75) is 20.4 Å². The fraction of sp³-hybridized carbons (Fsp3) is 0.250. The second kappa shape index (κ2) is 5.55. The van der Waals surface area contributed by atoms with Crippen LogP contribution in [-0.4, -0.2) is 32.8 Å². The summed E-state index contributed by atoms with van der Waals surface area (Å²) in [5, 5.41) is 0. The summed E-state index contributed by atoms with van der Waals surface area (Å²) in [5.74, 6) is 0.543. The molecule has 1 aromatic carbocycles. The van der Waals surface area contributed by atoms with Gasteiger partial charge in [-0.05, 0) is 19.1 Å². The van der Waals surface area contributed by atoms with Crippen LogP contribution in [0.3, 0.4) is 0 Å². The Bertz CT molecular complexity index is 841. The van der Waals surface area contributed by atoms with Gasteiger partial charge in [-0.3, -0.25) is 9.78 Å². The molecule has 3 aromatic rings. The van der Waals surface area contributed by atoms with E-state index in [-0.39, 0.29) is 11.7 Å². The largest absolute Gasteiger partial charge is 0.436 e. The highest BCUT2D eigenvalue weighted by atomic mass is 16.4. The first-order chi connectivity index (χ1) is 10.5. The Morgan fingerprint density at radius 3 is 2.59 bits per heavy atom. The van der Waals surface area contributed by atoms with Gasteiger partial charge < -0.3 is 9.32 Å². The highest BCUT2D eigenvalue weighted by Gasteiger charge is 2.20. The molecule has 0 saturated carbocycles. The summed E-state index contributed by atoms with van der Waals surface area (Å²) >= 11 is 0. The van der Waals surface area contributed by atoms with Crippen molar-refractivity contribution in [3.05, 3.63) is 53.5 Å². The molecule has 6 nitrogen and oxygen atoms in total. The van der Waals surface area contributed by atoms with Gasteiger partial charge >= 0.3 is 0 Å². The number of para-hydroxylation sites is 2. The van der Waals surface area contributed by atoms with Crippen molar-refractivity contribution >= 4 is 16.9 Å². The monoisotopic (exact) mass is 296 g/mol. The molecule has 2 heterocycles. The van der Waals surface area contributed by atoms with Crippen LogP contribution < -0.4 is 0 Å². The topological polar surface area (TPSA) is 72.1 Å². The number of carbonyl (C=O) groups is 1. The number of aromatic nitrogens is 3. The minimum absolute atomic E-state index is 0.215. The summed E-state index contributed by atoms with van der Waals surface area (Å²) in [5.41, 5.74) is 2.97. The number of carbonyl (C=O) groups excluding carboxylic acids is 1. The van der Waals surface area contributed by atoms with Crippen molar-refractivity contribution in [3.8, 4) is 0 Å². The van der Waals surface area contributed by atoms with Gasteiger partial charge in [0.05, 0.1) is 35.2 Å². The van der Waals surface area contributed by atoms with Gasteiger partial charge in [-0.25, -0.2) is 9.97 Å². The average molecular weight is 296 g/mol. The third-order valence-corrected chi connectivity index (χ3v) is 3.34. The molecule has 0 unspecified atom stereocenters. The molecule has 6 heteroatoms. The van der Waals surface area contributed by atoms with Crippen LogP contribution in [0.1, 0.15) is 27.8 Å². The first kappa shape index (κ1) is 14.2. The minimum Gasteiger partial charge on any atom is -0.436 e. The maximum absolute atomic E-state index is 12.4. The van der Waals surface area contributed by atoms with E-state index >= 15 is 0 Å². The number of benzene rings is 1.